The van der Waals surface area contributed by atoms with Crippen LogP contribution in [0.25, 0.3) is 28.0 Å². The van der Waals surface area contributed by atoms with Gasteiger partial charge in [-0.25, -0.2) is 0 Å². The van der Waals surface area contributed by atoms with Gasteiger partial charge in [0, 0.05) is 32.4 Å². The van der Waals surface area contributed by atoms with Gasteiger partial charge in [0.1, 0.15) is 17.2 Å². The van der Waals surface area contributed by atoms with Gasteiger partial charge >= 0.3 is 0 Å². The van der Waals surface area contributed by atoms with Gasteiger partial charge in [-0.15, -0.1) is 0 Å². The molecule has 51 heavy (non-hydrogen) atoms. The van der Waals surface area contributed by atoms with Crippen LogP contribution in [0.15, 0.2) is 131 Å². The Balaban J connectivity index is 1.56. The van der Waals surface area contributed by atoms with Crippen LogP contribution in [0.2, 0.25) is 0 Å². The lowest BCUT2D eigenvalue weighted by atomic mass is 9.76. The van der Waals surface area contributed by atoms with E-state index in [9.17, 15) is 0 Å². The molecule has 1 unspecified atom stereocenters. The van der Waals surface area contributed by atoms with E-state index < -0.39 is 5.60 Å². The summed E-state index contributed by atoms with van der Waals surface area (Å²) >= 11 is 1.76. The van der Waals surface area contributed by atoms with Gasteiger partial charge in [-0.3, -0.25) is 0 Å². The Bertz CT molecular complexity index is 2250. The highest BCUT2D eigenvalue weighted by Crippen LogP contribution is 2.59. The quantitative estimate of drug-likeness (QED) is 0.114. The zero-order chi connectivity index (χ0) is 35.9. The summed E-state index contributed by atoms with van der Waals surface area (Å²) in [5.41, 5.74) is 9.39. The minimum Gasteiger partial charge on any atom is -0.504 e. The summed E-state index contributed by atoms with van der Waals surface area (Å²) in [6.45, 7) is 11.0. The molecule has 0 amide bonds. The zero-order valence-corrected chi connectivity index (χ0v) is 31.4. The molecule has 0 saturated carbocycles. The van der Waals surface area contributed by atoms with Gasteiger partial charge in [0.15, 0.2) is 5.60 Å². The number of methoxy groups -OCH3 is 3. The van der Waals surface area contributed by atoms with Crippen molar-refractivity contribution >= 4 is 28.6 Å². The molecule has 4 nitrogen and oxygen atoms in total. The SMILES string of the molecule is C\C=C/C(=C\C=C\OC)C1(c2ccc(OC)cc2)C=Cc2c3c(c4cc(Sc5c(C)cccc5C)c(OC)cc4c2O1)-c1ccccc1C3(C)C. The second kappa shape index (κ2) is 13.5. The fourth-order valence-electron chi connectivity index (χ4n) is 7.79. The van der Waals surface area contributed by atoms with Crippen molar-refractivity contribution in [1.29, 1.82) is 0 Å². The summed E-state index contributed by atoms with van der Waals surface area (Å²) in [5, 5.41) is 2.15. The van der Waals surface area contributed by atoms with Gasteiger partial charge in [-0.2, -0.15) is 0 Å². The smallest absolute Gasteiger partial charge is 0.178 e. The third-order valence-electron chi connectivity index (χ3n) is 10.2. The molecule has 5 aromatic rings. The van der Waals surface area contributed by atoms with Crippen LogP contribution < -0.4 is 14.2 Å². The molecular weight excluding hydrogens is 649 g/mol. The van der Waals surface area contributed by atoms with E-state index in [0.29, 0.717) is 0 Å². The van der Waals surface area contributed by atoms with E-state index in [2.05, 4.69) is 119 Å². The minimum atomic E-state index is -0.959. The lowest BCUT2D eigenvalue weighted by Gasteiger charge is -2.39. The lowest BCUT2D eigenvalue weighted by molar-refractivity contribution is 0.162. The largest absolute Gasteiger partial charge is 0.504 e. The molecular formula is C46H44O4S. The third-order valence-corrected chi connectivity index (χ3v) is 11.6. The average molecular weight is 693 g/mol. The summed E-state index contributed by atoms with van der Waals surface area (Å²) in [7, 11) is 5.09. The summed E-state index contributed by atoms with van der Waals surface area (Å²) in [5.74, 6) is 2.42. The maximum Gasteiger partial charge on any atom is 0.178 e. The molecule has 1 aliphatic carbocycles. The first kappa shape index (κ1) is 34.3. The molecule has 5 aromatic carbocycles. The number of ether oxygens (including phenoxy) is 4. The van der Waals surface area contributed by atoms with Gasteiger partial charge in [0.2, 0.25) is 0 Å². The first-order valence-corrected chi connectivity index (χ1v) is 18.1. The first-order chi connectivity index (χ1) is 24.7. The van der Waals surface area contributed by atoms with E-state index in [0.717, 1.165) is 49.6 Å². The van der Waals surface area contributed by atoms with Crippen LogP contribution in [-0.4, -0.2) is 21.3 Å². The monoisotopic (exact) mass is 692 g/mol. The molecule has 0 fully saturated rings. The Kier molecular flexibility index (Phi) is 9.11. The number of hydrogen-bond acceptors (Lipinski definition) is 5. The van der Waals surface area contributed by atoms with E-state index in [-0.39, 0.29) is 5.41 Å². The maximum absolute atomic E-state index is 7.57. The van der Waals surface area contributed by atoms with E-state index >= 15 is 0 Å². The third kappa shape index (κ3) is 5.64. The Hall–Kier alpha value is -5.13. The second-order valence-electron chi connectivity index (χ2n) is 13.6. The summed E-state index contributed by atoms with van der Waals surface area (Å²) in [6.07, 6.45) is 14.3. The van der Waals surface area contributed by atoms with E-state index in [1.807, 2.05) is 31.2 Å². The first-order valence-electron chi connectivity index (χ1n) is 17.3. The van der Waals surface area contributed by atoms with Gasteiger partial charge < -0.3 is 18.9 Å². The highest BCUT2D eigenvalue weighted by molar-refractivity contribution is 7.99. The molecule has 5 heteroatoms. The Morgan fingerprint density at radius 1 is 0.843 bits per heavy atom. The maximum atomic E-state index is 7.57. The van der Waals surface area contributed by atoms with Crippen molar-refractivity contribution < 1.29 is 18.9 Å². The Morgan fingerprint density at radius 2 is 1.59 bits per heavy atom. The fourth-order valence-corrected chi connectivity index (χ4v) is 8.88. The number of rotatable bonds is 9. The van der Waals surface area contributed by atoms with Gasteiger partial charge in [0.25, 0.3) is 0 Å². The van der Waals surface area contributed by atoms with Crippen LogP contribution in [0, 0.1) is 13.8 Å². The molecule has 0 N–H and O–H groups in total. The molecule has 0 bridgehead atoms. The zero-order valence-electron chi connectivity index (χ0n) is 30.6. The standard InChI is InChI=1S/C46H44O4S/c1-9-14-31(17-13-26-47-6)46(32-20-22-33(48-7)23-21-32)25-24-35-42-41(34-18-10-11-19-38(34)45(42,4)5)36-28-40(39(49-8)27-37(36)43(35)50-46)51-44-29(2)15-12-16-30(44)3/h9-28H,1-8H3/b14-9-,26-13+,31-17+. The van der Waals surface area contributed by atoms with Crippen molar-refractivity contribution in [3.63, 3.8) is 0 Å². The van der Waals surface area contributed by atoms with Crippen molar-refractivity contribution in [2.75, 3.05) is 21.3 Å². The van der Waals surface area contributed by atoms with Crippen LogP contribution in [0.5, 0.6) is 17.2 Å². The van der Waals surface area contributed by atoms with Crippen LogP contribution in [0.1, 0.15) is 54.2 Å². The molecule has 258 valence electrons. The fraction of sp³-hybridized carbons (Fsp3) is 0.217. The van der Waals surface area contributed by atoms with E-state index in [1.54, 1.807) is 39.4 Å². The lowest BCUT2D eigenvalue weighted by Crippen LogP contribution is -2.35. The molecule has 7 rings (SSSR count). The predicted molar refractivity (Wildman–Crippen MR) is 211 cm³/mol. The normalized spacial score (nSPS) is 17.4. The summed E-state index contributed by atoms with van der Waals surface area (Å²) < 4.78 is 24.6. The number of allylic oxidation sites excluding steroid dienone is 3. The number of benzene rings is 5. The molecule has 1 heterocycles. The van der Waals surface area contributed by atoms with Crippen LogP contribution in [-0.2, 0) is 15.8 Å². The molecule has 0 spiro atoms. The van der Waals surface area contributed by atoms with Gasteiger partial charge in [-0.05, 0) is 96.0 Å². The van der Waals surface area contributed by atoms with Crippen molar-refractivity contribution in [2.24, 2.45) is 0 Å². The molecule has 0 radical (unpaired) electrons. The van der Waals surface area contributed by atoms with Gasteiger partial charge in [-0.1, -0.05) is 105 Å². The van der Waals surface area contributed by atoms with Crippen LogP contribution in [0.3, 0.4) is 0 Å². The molecule has 0 aromatic heterocycles. The van der Waals surface area contributed by atoms with Crippen LogP contribution in [0.4, 0.5) is 0 Å². The molecule has 1 atom stereocenters. The molecule has 0 saturated heterocycles. The summed E-state index contributed by atoms with van der Waals surface area (Å²) in [6, 6.07) is 27.9. The second-order valence-corrected chi connectivity index (χ2v) is 14.7. The molecule has 1 aliphatic heterocycles. The highest BCUT2D eigenvalue weighted by atomic mass is 32.2. The topological polar surface area (TPSA) is 36.9 Å². The van der Waals surface area contributed by atoms with Crippen molar-refractivity contribution in [3.05, 3.63) is 154 Å². The van der Waals surface area contributed by atoms with Crippen molar-refractivity contribution in [1.82, 2.24) is 0 Å². The minimum absolute atomic E-state index is 0.263. The number of aryl methyl sites for hydroxylation is 2. The highest BCUT2D eigenvalue weighted by Gasteiger charge is 2.44. The average Bonchev–Trinajstić information content (AvgIpc) is 3.39. The van der Waals surface area contributed by atoms with Gasteiger partial charge in [0.05, 0.1) is 32.5 Å². The van der Waals surface area contributed by atoms with Crippen LogP contribution >= 0.6 is 11.8 Å². The molecule has 2 aliphatic rings. The summed E-state index contributed by atoms with van der Waals surface area (Å²) in [4.78, 5) is 2.31. The van der Waals surface area contributed by atoms with Crippen molar-refractivity contribution in [2.45, 2.75) is 55.4 Å². The number of hydrogen-bond donors (Lipinski definition) is 0. The van der Waals surface area contributed by atoms with Crippen molar-refractivity contribution in [3.8, 4) is 28.4 Å². The Morgan fingerprint density at radius 3 is 2.27 bits per heavy atom. The predicted octanol–water partition coefficient (Wildman–Crippen LogP) is 11.9. The number of fused-ring (bicyclic) bond motifs is 8. The van der Waals surface area contributed by atoms with E-state index in [4.69, 9.17) is 18.9 Å². The Labute approximate surface area is 306 Å². The van der Waals surface area contributed by atoms with E-state index in [1.165, 1.54) is 38.3 Å².